The molecule has 0 amide bonds. The molecule has 3 fully saturated rings. The van der Waals surface area contributed by atoms with Crippen LogP contribution in [0.15, 0.2) is 23.8 Å². The fourth-order valence-electron chi connectivity index (χ4n) is 7.91. The van der Waals surface area contributed by atoms with Crippen LogP contribution in [0.4, 0.5) is 0 Å². The fraction of sp³-hybridized carbons (Fsp3) is 0.821. The van der Waals surface area contributed by atoms with Gasteiger partial charge in [-0.1, -0.05) is 53.7 Å². The molecule has 0 aromatic rings. The largest absolute Gasteiger partial charge is 0.393 e. The van der Waals surface area contributed by atoms with Crippen LogP contribution in [0.3, 0.4) is 0 Å². The van der Waals surface area contributed by atoms with E-state index < -0.39 is 22.7 Å². The van der Waals surface area contributed by atoms with Gasteiger partial charge in [-0.25, -0.2) is 0 Å². The van der Waals surface area contributed by atoms with Crippen molar-refractivity contribution in [1.29, 1.82) is 0 Å². The third kappa shape index (κ3) is 3.15. The zero-order chi connectivity index (χ0) is 23.7. The number of aliphatic hydroxyl groups excluding tert-OH is 1. The second-order valence-electron chi connectivity index (χ2n) is 12.5. The van der Waals surface area contributed by atoms with E-state index in [9.17, 15) is 20.1 Å². The van der Waals surface area contributed by atoms with Crippen LogP contribution in [0.5, 0.6) is 0 Å². The highest BCUT2D eigenvalue weighted by Crippen LogP contribution is 2.68. The molecule has 4 heteroatoms. The van der Waals surface area contributed by atoms with E-state index in [-0.39, 0.29) is 23.5 Å². The van der Waals surface area contributed by atoms with Crippen molar-refractivity contribution in [3.05, 3.63) is 23.8 Å². The summed E-state index contributed by atoms with van der Waals surface area (Å²) in [5.74, 6) is 2.01. The summed E-state index contributed by atoms with van der Waals surface area (Å²) in [5.41, 5.74) is -2.90. The summed E-state index contributed by atoms with van der Waals surface area (Å²) in [7, 11) is 0. The first kappa shape index (κ1) is 24.2. The van der Waals surface area contributed by atoms with Crippen molar-refractivity contribution < 1.29 is 20.1 Å². The molecule has 0 bridgehead atoms. The van der Waals surface area contributed by atoms with Crippen LogP contribution in [-0.4, -0.2) is 38.4 Å². The molecule has 0 spiro atoms. The molecule has 4 rings (SSSR count). The van der Waals surface area contributed by atoms with Crippen LogP contribution in [0.25, 0.3) is 0 Å². The van der Waals surface area contributed by atoms with Crippen molar-refractivity contribution in [3.8, 4) is 0 Å². The van der Waals surface area contributed by atoms with E-state index in [4.69, 9.17) is 0 Å². The predicted molar refractivity (Wildman–Crippen MR) is 127 cm³/mol. The first-order valence-corrected chi connectivity index (χ1v) is 12.9. The minimum Gasteiger partial charge on any atom is -0.393 e. The average molecular weight is 445 g/mol. The van der Waals surface area contributed by atoms with Crippen LogP contribution in [0, 0.1) is 40.4 Å². The summed E-state index contributed by atoms with van der Waals surface area (Å²) in [6, 6.07) is 0. The summed E-state index contributed by atoms with van der Waals surface area (Å²) in [6.07, 6.45) is 10.2. The van der Waals surface area contributed by atoms with Crippen molar-refractivity contribution in [3.63, 3.8) is 0 Å². The molecular formula is C28H44O4. The van der Waals surface area contributed by atoms with Crippen molar-refractivity contribution in [1.82, 2.24) is 0 Å². The molecule has 180 valence electrons. The second kappa shape index (κ2) is 7.78. The van der Waals surface area contributed by atoms with E-state index in [1.165, 1.54) is 0 Å². The molecule has 0 aliphatic heterocycles. The van der Waals surface area contributed by atoms with E-state index in [1.54, 1.807) is 6.08 Å². The molecule has 4 unspecified atom stereocenters. The molecule has 3 saturated carbocycles. The van der Waals surface area contributed by atoms with Gasteiger partial charge in [-0.2, -0.15) is 0 Å². The zero-order valence-electron chi connectivity index (χ0n) is 20.9. The highest BCUT2D eigenvalue weighted by molar-refractivity contribution is 6.00. The summed E-state index contributed by atoms with van der Waals surface area (Å²) in [4.78, 5) is 13.3. The van der Waals surface area contributed by atoms with Crippen molar-refractivity contribution in [2.75, 3.05) is 0 Å². The summed E-state index contributed by atoms with van der Waals surface area (Å²) < 4.78 is 0. The Hall–Kier alpha value is -0.970. The number of allylic oxidation sites excluding steroid dienone is 2. The Balaban J connectivity index is 1.67. The van der Waals surface area contributed by atoms with Gasteiger partial charge in [-0.05, 0) is 85.2 Å². The maximum Gasteiger partial charge on any atom is 0.188 e. The van der Waals surface area contributed by atoms with Gasteiger partial charge in [0.15, 0.2) is 5.78 Å². The highest BCUT2D eigenvalue weighted by Gasteiger charge is 2.71. The Kier molecular flexibility index (Phi) is 5.88. The molecule has 32 heavy (non-hydrogen) atoms. The molecular weight excluding hydrogens is 400 g/mol. The molecule has 0 radical (unpaired) electrons. The van der Waals surface area contributed by atoms with Crippen LogP contribution in [-0.2, 0) is 4.79 Å². The van der Waals surface area contributed by atoms with Crippen LogP contribution in [0.2, 0.25) is 0 Å². The van der Waals surface area contributed by atoms with Gasteiger partial charge in [-0.15, -0.1) is 0 Å². The Morgan fingerprint density at radius 1 is 0.969 bits per heavy atom. The molecule has 4 nitrogen and oxygen atoms in total. The standard InChI is InChI=1S/C28H44O4/c1-17(2)18(3)7-8-19(4)21-9-10-22-23-15-24(30)28(32)16-20(29)11-12-26(28,6)27(23,31)14-13-25(21,22)5/h7-8,15,17-22,29,31-32H,9-14,16H2,1-6H3/t18?,19?,20?,21-,22+,25-,26-,27-,28?/m1/s1. The van der Waals surface area contributed by atoms with Gasteiger partial charge in [0.1, 0.15) is 5.60 Å². The second-order valence-corrected chi connectivity index (χ2v) is 12.5. The Labute approximate surface area is 194 Å². The van der Waals surface area contributed by atoms with Crippen LogP contribution >= 0.6 is 0 Å². The Bertz CT molecular complexity index is 829. The van der Waals surface area contributed by atoms with Gasteiger partial charge >= 0.3 is 0 Å². The van der Waals surface area contributed by atoms with E-state index in [1.807, 2.05) is 6.92 Å². The van der Waals surface area contributed by atoms with Crippen molar-refractivity contribution in [2.45, 2.75) is 104 Å². The molecule has 0 heterocycles. The van der Waals surface area contributed by atoms with Gasteiger partial charge in [0.25, 0.3) is 0 Å². The van der Waals surface area contributed by atoms with Crippen molar-refractivity contribution in [2.24, 2.45) is 40.4 Å². The van der Waals surface area contributed by atoms with Gasteiger partial charge in [0.2, 0.25) is 0 Å². The van der Waals surface area contributed by atoms with E-state index in [0.717, 1.165) is 24.8 Å². The minimum atomic E-state index is -1.68. The smallest absolute Gasteiger partial charge is 0.188 e. The number of fused-ring (bicyclic) bond motifs is 5. The number of hydrogen-bond donors (Lipinski definition) is 3. The summed E-state index contributed by atoms with van der Waals surface area (Å²) in [6.45, 7) is 13.4. The quantitative estimate of drug-likeness (QED) is 0.543. The number of carbonyl (C=O) groups excluding carboxylic acids is 1. The number of hydrogen-bond acceptors (Lipinski definition) is 4. The highest BCUT2D eigenvalue weighted by atomic mass is 16.3. The van der Waals surface area contributed by atoms with E-state index >= 15 is 0 Å². The molecule has 4 aliphatic rings. The van der Waals surface area contributed by atoms with Gasteiger partial charge in [0, 0.05) is 11.8 Å². The first-order chi connectivity index (χ1) is 14.8. The average Bonchev–Trinajstić information content (AvgIpc) is 3.07. The number of rotatable bonds is 4. The SMILES string of the molecule is CC(C)C(C)C=CC(C)[C@H]1CC[C@H]2C3=CC(=O)C4(O)CC(O)CC[C@]4(C)[C@@]3(O)CC[C@]12C. The number of ketones is 1. The fourth-order valence-corrected chi connectivity index (χ4v) is 7.91. The summed E-state index contributed by atoms with van der Waals surface area (Å²) in [5, 5.41) is 33.9. The predicted octanol–water partition coefficient (Wildman–Crippen LogP) is 4.82. The molecule has 0 saturated heterocycles. The molecule has 3 N–H and O–H groups in total. The number of aliphatic hydroxyl groups is 3. The minimum absolute atomic E-state index is 0.0227. The topological polar surface area (TPSA) is 77.8 Å². The lowest BCUT2D eigenvalue weighted by molar-refractivity contribution is -0.223. The van der Waals surface area contributed by atoms with Gasteiger partial charge < -0.3 is 15.3 Å². The molecule has 0 aromatic carbocycles. The third-order valence-electron chi connectivity index (χ3n) is 10.7. The lowest BCUT2D eigenvalue weighted by atomic mass is 9.43. The molecule has 9 atom stereocenters. The first-order valence-electron chi connectivity index (χ1n) is 12.9. The normalized spacial score (nSPS) is 48.2. The van der Waals surface area contributed by atoms with E-state index in [2.05, 4.69) is 46.8 Å². The maximum absolute atomic E-state index is 13.3. The summed E-state index contributed by atoms with van der Waals surface area (Å²) >= 11 is 0. The lowest BCUT2D eigenvalue weighted by Crippen LogP contribution is -2.71. The van der Waals surface area contributed by atoms with Crippen LogP contribution < -0.4 is 0 Å². The van der Waals surface area contributed by atoms with Crippen LogP contribution in [0.1, 0.15) is 86.5 Å². The van der Waals surface area contributed by atoms with Gasteiger partial charge in [0.05, 0.1) is 11.7 Å². The lowest BCUT2D eigenvalue weighted by Gasteiger charge is -2.63. The Morgan fingerprint density at radius 2 is 1.66 bits per heavy atom. The molecule has 0 aromatic heterocycles. The van der Waals surface area contributed by atoms with Gasteiger partial charge in [-0.3, -0.25) is 4.79 Å². The third-order valence-corrected chi connectivity index (χ3v) is 10.7. The monoisotopic (exact) mass is 444 g/mol. The zero-order valence-corrected chi connectivity index (χ0v) is 20.9. The maximum atomic E-state index is 13.3. The Morgan fingerprint density at radius 3 is 2.31 bits per heavy atom. The number of carbonyl (C=O) groups is 1. The van der Waals surface area contributed by atoms with E-state index in [0.29, 0.717) is 42.9 Å². The van der Waals surface area contributed by atoms with Crippen molar-refractivity contribution >= 4 is 5.78 Å². The molecule has 4 aliphatic carbocycles.